The van der Waals surface area contributed by atoms with Gasteiger partial charge < -0.3 is 15.4 Å². The van der Waals surface area contributed by atoms with E-state index in [0.717, 1.165) is 6.42 Å². The van der Waals surface area contributed by atoms with Gasteiger partial charge in [0.2, 0.25) is 5.91 Å². The fourth-order valence-corrected chi connectivity index (χ4v) is 2.34. The number of amides is 1. The zero-order chi connectivity index (χ0) is 13.7. The Morgan fingerprint density at radius 1 is 1.53 bits per heavy atom. The maximum Gasteiger partial charge on any atom is 0.227 e. The van der Waals surface area contributed by atoms with Crippen molar-refractivity contribution in [3.63, 3.8) is 0 Å². The maximum atomic E-state index is 13.1. The monoisotopic (exact) mass is 266 g/mol. The molecule has 1 amide bonds. The standard InChI is InChI=1S/C14H19FN2O2/c15-12-3-1-2-11(8-12)9-14(18)17-6-7-19-10-13(17)4-5-16/h1-3,8,13H,4-7,9-10,16H2. The highest BCUT2D eigenvalue weighted by atomic mass is 19.1. The summed E-state index contributed by atoms with van der Waals surface area (Å²) in [6.07, 6.45) is 0.952. The van der Waals surface area contributed by atoms with Gasteiger partial charge in [0.05, 0.1) is 25.7 Å². The highest BCUT2D eigenvalue weighted by Gasteiger charge is 2.26. The van der Waals surface area contributed by atoms with Crippen molar-refractivity contribution in [3.8, 4) is 0 Å². The SMILES string of the molecule is NCCC1COCCN1C(=O)Cc1cccc(F)c1. The fraction of sp³-hybridized carbons (Fsp3) is 0.500. The number of rotatable bonds is 4. The molecule has 0 aliphatic carbocycles. The normalized spacial score (nSPS) is 19.5. The minimum absolute atomic E-state index is 0.00681. The molecule has 4 nitrogen and oxygen atoms in total. The van der Waals surface area contributed by atoms with E-state index in [2.05, 4.69) is 0 Å². The van der Waals surface area contributed by atoms with Crippen LogP contribution < -0.4 is 5.73 Å². The van der Waals surface area contributed by atoms with Gasteiger partial charge in [-0.05, 0) is 30.7 Å². The molecule has 2 N–H and O–H groups in total. The topological polar surface area (TPSA) is 55.6 Å². The third kappa shape index (κ3) is 3.75. The summed E-state index contributed by atoms with van der Waals surface area (Å²) in [4.78, 5) is 14.1. The predicted octanol–water partition coefficient (Wildman–Crippen LogP) is 0.944. The average molecular weight is 266 g/mol. The lowest BCUT2D eigenvalue weighted by Crippen LogP contribution is -2.50. The second kappa shape index (κ2) is 6.63. The van der Waals surface area contributed by atoms with Crippen LogP contribution in [0.25, 0.3) is 0 Å². The van der Waals surface area contributed by atoms with Crippen LogP contribution in [-0.2, 0) is 16.0 Å². The average Bonchev–Trinajstić information content (AvgIpc) is 2.39. The molecular formula is C14H19FN2O2. The van der Waals surface area contributed by atoms with Gasteiger partial charge >= 0.3 is 0 Å². The van der Waals surface area contributed by atoms with Crippen LogP contribution in [0.15, 0.2) is 24.3 Å². The van der Waals surface area contributed by atoms with E-state index in [-0.39, 0.29) is 24.2 Å². The molecule has 1 fully saturated rings. The first-order valence-electron chi connectivity index (χ1n) is 6.52. The molecule has 0 bridgehead atoms. The zero-order valence-electron chi connectivity index (χ0n) is 10.8. The summed E-state index contributed by atoms with van der Waals surface area (Å²) in [5, 5.41) is 0. The molecule has 1 aromatic carbocycles. The smallest absolute Gasteiger partial charge is 0.227 e. The van der Waals surface area contributed by atoms with Crippen LogP contribution in [0.2, 0.25) is 0 Å². The van der Waals surface area contributed by atoms with Gasteiger partial charge in [-0.3, -0.25) is 4.79 Å². The van der Waals surface area contributed by atoms with Crippen LogP contribution in [0.5, 0.6) is 0 Å². The van der Waals surface area contributed by atoms with Gasteiger partial charge in [-0.1, -0.05) is 12.1 Å². The van der Waals surface area contributed by atoms with Gasteiger partial charge in [0.15, 0.2) is 0 Å². The molecule has 1 unspecified atom stereocenters. The van der Waals surface area contributed by atoms with Crippen molar-refractivity contribution >= 4 is 5.91 Å². The lowest BCUT2D eigenvalue weighted by Gasteiger charge is -2.35. The predicted molar refractivity (Wildman–Crippen MR) is 70.1 cm³/mol. The Hall–Kier alpha value is -1.46. The van der Waals surface area contributed by atoms with E-state index in [1.165, 1.54) is 12.1 Å². The van der Waals surface area contributed by atoms with E-state index < -0.39 is 0 Å². The molecule has 1 heterocycles. The Morgan fingerprint density at radius 3 is 3.11 bits per heavy atom. The molecule has 19 heavy (non-hydrogen) atoms. The summed E-state index contributed by atoms with van der Waals surface area (Å²) in [5.41, 5.74) is 6.25. The number of nitrogens with two attached hydrogens (primary N) is 1. The van der Waals surface area contributed by atoms with Crippen LogP contribution >= 0.6 is 0 Å². The number of morpholine rings is 1. The lowest BCUT2D eigenvalue weighted by molar-refractivity contribution is -0.139. The molecule has 0 saturated carbocycles. The Morgan fingerprint density at radius 2 is 2.37 bits per heavy atom. The van der Waals surface area contributed by atoms with Crippen molar-refractivity contribution in [3.05, 3.63) is 35.6 Å². The molecule has 0 spiro atoms. The van der Waals surface area contributed by atoms with Crippen LogP contribution in [0, 0.1) is 5.82 Å². The number of halogens is 1. The zero-order valence-corrected chi connectivity index (χ0v) is 10.8. The van der Waals surface area contributed by atoms with Crippen molar-refractivity contribution in [2.75, 3.05) is 26.3 Å². The van der Waals surface area contributed by atoms with Gasteiger partial charge in [-0.25, -0.2) is 4.39 Å². The third-order valence-corrected chi connectivity index (χ3v) is 3.29. The van der Waals surface area contributed by atoms with Gasteiger partial charge in [0.1, 0.15) is 5.82 Å². The molecule has 0 aromatic heterocycles. The van der Waals surface area contributed by atoms with Crippen LogP contribution in [0.4, 0.5) is 4.39 Å². The van der Waals surface area contributed by atoms with Crippen molar-refractivity contribution in [2.24, 2.45) is 5.73 Å². The minimum Gasteiger partial charge on any atom is -0.377 e. The Balaban J connectivity index is 2.01. The molecule has 2 rings (SSSR count). The summed E-state index contributed by atoms with van der Waals surface area (Å²) in [6.45, 7) is 2.19. The van der Waals surface area contributed by atoms with E-state index in [1.54, 1.807) is 17.0 Å². The van der Waals surface area contributed by atoms with Crippen LogP contribution in [0.3, 0.4) is 0 Å². The number of nitrogens with zero attached hydrogens (tertiary/aromatic N) is 1. The first kappa shape index (κ1) is 14.0. The number of carbonyl (C=O) groups is 1. The summed E-state index contributed by atoms with van der Waals surface area (Å²) < 4.78 is 18.5. The Labute approximate surface area is 112 Å². The van der Waals surface area contributed by atoms with E-state index >= 15 is 0 Å². The molecule has 1 aliphatic rings. The second-order valence-corrected chi connectivity index (χ2v) is 4.70. The van der Waals surface area contributed by atoms with Crippen molar-refractivity contribution in [1.29, 1.82) is 0 Å². The summed E-state index contributed by atoms with van der Waals surface area (Å²) >= 11 is 0. The third-order valence-electron chi connectivity index (χ3n) is 3.29. The van der Waals surface area contributed by atoms with E-state index in [4.69, 9.17) is 10.5 Å². The molecule has 5 heteroatoms. The van der Waals surface area contributed by atoms with Gasteiger partial charge in [0, 0.05) is 6.54 Å². The number of ether oxygens (including phenoxy) is 1. The van der Waals surface area contributed by atoms with Crippen LogP contribution in [0.1, 0.15) is 12.0 Å². The lowest BCUT2D eigenvalue weighted by atomic mass is 10.1. The number of benzene rings is 1. The van der Waals surface area contributed by atoms with Gasteiger partial charge in [-0.15, -0.1) is 0 Å². The largest absolute Gasteiger partial charge is 0.377 e. The van der Waals surface area contributed by atoms with E-state index in [0.29, 0.717) is 31.9 Å². The number of hydrogen-bond acceptors (Lipinski definition) is 3. The summed E-state index contributed by atoms with van der Waals surface area (Å²) in [6, 6.07) is 6.20. The molecule has 0 radical (unpaired) electrons. The van der Waals surface area contributed by atoms with Crippen molar-refractivity contribution in [1.82, 2.24) is 4.90 Å². The highest BCUT2D eigenvalue weighted by molar-refractivity contribution is 5.79. The highest BCUT2D eigenvalue weighted by Crippen LogP contribution is 2.13. The molecule has 104 valence electrons. The first-order chi connectivity index (χ1) is 9.20. The Bertz CT molecular complexity index is 437. The molecule has 1 saturated heterocycles. The maximum absolute atomic E-state index is 13.1. The molecule has 1 atom stereocenters. The number of hydrogen-bond donors (Lipinski definition) is 1. The second-order valence-electron chi connectivity index (χ2n) is 4.70. The van der Waals surface area contributed by atoms with Gasteiger partial charge in [0.25, 0.3) is 0 Å². The molecular weight excluding hydrogens is 247 g/mol. The molecule has 1 aromatic rings. The van der Waals surface area contributed by atoms with Crippen molar-refractivity contribution < 1.29 is 13.9 Å². The first-order valence-corrected chi connectivity index (χ1v) is 6.52. The summed E-state index contributed by atoms with van der Waals surface area (Å²) in [7, 11) is 0. The van der Waals surface area contributed by atoms with E-state index in [9.17, 15) is 9.18 Å². The van der Waals surface area contributed by atoms with Gasteiger partial charge in [-0.2, -0.15) is 0 Å². The van der Waals surface area contributed by atoms with Crippen LogP contribution in [-0.4, -0.2) is 43.2 Å². The number of carbonyl (C=O) groups excluding carboxylic acids is 1. The molecule has 1 aliphatic heterocycles. The minimum atomic E-state index is -0.314. The van der Waals surface area contributed by atoms with Crippen molar-refractivity contribution in [2.45, 2.75) is 18.9 Å². The quantitative estimate of drug-likeness (QED) is 0.882. The van der Waals surface area contributed by atoms with E-state index in [1.807, 2.05) is 0 Å². The fourth-order valence-electron chi connectivity index (χ4n) is 2.34. The summed E-state index contributed by atoms with van der Waals surface area (Å²) in [5.74, 6) is -0.307. The Kier molecular flexibility index (Phi) is 4.87.